The maximum atomic E-state index is 12.2. The molecular weight excluding hydrogens is 435 g/mol. The van der Waals surface area contributed by atoms with Crippen LogP contribution >= 0.6 is 23.2 Å². The van der Waals surface area contributed by atoms with E-state index in [4.69, 9.17) is 32.9 Å². The van der Waals surface area contributed by atoms with Crippen molar-refractivity contribution < 1.29 is 9.53 Å². The molecule has 0 saturated carbocycles. The second kappa shape index (κ2) is 8.60. The van der Waals surface area contributed by atoms with Gasteiger partial charge in [-0.15, -0.1) is 0 Å². The monoisotopic (exact) mass is 460 g/mol. The quantitative estimate of drug-likeness (QED) is 0.558. The van der Waals surface area contributed by atoms with Gasteiger partial charge in [0.1, 0.15) is 5.60 Å². The lowest BCUT2D eigenvalue weighted by Gasteiger charge is -2.22. The topological polar surface area (TPSA) is 59.4 Å². The number of aromatic nitrogens is 2. The molecule has 1 amide bonds. The van der Waals surface area contributed by atoms with Crippen LogP contribution in [0.5, 0.6) is 0 Å². The number of fused-ring (bicyclic) bond motifs is 1. The standard InChI is InChI=1S/C23H26Cl2N4O2/c1-23(2,3)31-22(30)26-17-10-11-28(14-17)21-27-19-6-4-5-7-20(19)29(21)13-15-8-9-16(24)12-18(15)25/h4-9,12,17H,10-11,13-14H2,1-3H3,(H,26,30)/t17-/m1/s1. The third kappa shape index (κ3) is 5.08. The molecule has 3 aromatic rings. The number of hydrogen-bond acceptors (Lipinski definition) is 4. The molecule has 0 aliphatic carbocycles. The first-order valence-corrected chi connectivity index (χ1v) is 11.1. The Labute approximate surface area is 192 Å². The average Bonchev–Trinajstić information content (AvgIpc) is 3.27. The van der Waals surface area contributed by atoms with E-state index in [1.807, 2.05) is 51.1 Å². The van der Waals surface area contributed by atoms with E-state index < -0.39 is 5.60 Å². The number of carbonyl (C=O) groups is 1. The summed E-state index contributed by atoms with van der Waals surface area (Å²) in [6, 6.07) is 13.6. The fraction of sp³-hybridized carbons (Fsp3) is 0.391. The number of hydrogen-bond donors (Lipinski definition) is 1. The van der Waals surface area contributed by atoms with Gasteiger partial charge in [0.15, 0.2) is 0 Å². The summed E-state index contributed by atoms with van der Waals surface area (Å²) in [7, 11) is 0. The first kappa shape index (κ1) is 21.8. The van der Waals surface area contributed by atoms with E-state index >= 15 is 0 Å². The fourth-order valence-electron chi connectivity index (χ4n) is 3.81. The van der Waals surface area contributed by atoms with Crippen LogP contribution in [0.4, 0.5) is 10.7 Å². The van der Waals surface area contributed by atoms with Gasteiger partial charge in [-0.3, -0.25) is 0 Å². The Morgan fingerprint density at radius 3 is 2.74 bits per heavy atom. The molecule has 1 saturated heterocycles. The van der Waals surface area contributed by atoms with Crippen LogP contribution in [0.1, 0.15) is 32.8 Å². The molecule has 1 N–H and O–H groups in total. The molecule has 6 nitrogen and oxygen atoms in total. The van der Waals surface area contributed by atoms with Crippen LogP contribution in [0, 0.1) is 0 Å². The molecule has 0 unspecified atom stereocenters. The normalized spacial score (nSPS) is 16.7. The van der Waals surface area contributed by atoms with Gasteiger partial charge < -0.3 is 19.5 Å². The van der Waals surface area contributed by atoms with Gasteiger partial charge in [0.05, 0.1) is 23.6 Å². The summed E-state index contributed by atoms with van der Waals surface area (Å²) in [5, 5.41) is 4.22. The van der Waals surface area contributed by atoms with Gasteiger partial charge in [0, 0.05) is 23.1 Å². The van der Waals surface area contributed by atoms with E-state index in [1.54, 1.807) is 6.07 Å². The van der Waals surface area contributed by atoms with Crippen molar-refractivity contribution in [3.05, 3.63) is 58.1 Å². The highest BCUT2D eigenvalue weighted by Crippen LogP contribution is 2.29. The highest BCUT2D eigenvalue weighted by atomic mass is 35.5. The minimum absolute atomic E-state index is 0.00207. The number of amides is 1. The molecule has 4 rings (SSSR count). The molecule has 0 bridgehead atoms. The summed E-state index contributed by atoms with van der Waals surface area (Å²) >= 11 is 12.5. The molecule has 1 aliphatic heterocycles. The third-order valence-electron chi connectivity index (χ3n) is 5.17. The number of nitrogens with zero attached hydrogens (tertiary/aromatic N) is 3. The third-order valence-corrected chi connectivity index (χ3v) is 5.76. The number of imidazole rings is 1. The number of anilines is 1. The van der Waals surface area contributed by atoms with Crippen LogP contribution in [-0.2, 0) is 11.3 Å². The minimum Gasteiger partial charge on any atom is -0.444 e. The van der Waals surface area contributed by atoms with Crippen molar-refractivity contribution in [2.24, 2.45) is 0 Å². The summed E-state index contributed by atoms with van der Waals surface area (Å²) in [4.78, 5) is 19.3. The lowest BCUT2D eigenvalue weighted by atomic mass is 10.2. The van der Waals surface area contributed by atoms with Gasteiger partial charge in [-0.2, -0.15) is 0 Å². The summed E-state index contributed by atoms with van der Waals surface area (Å²) in [5.74, 6) is 0.862. The Morgan fingerprint density at radius 1 is 1.23 bits per heavy atom. The van der Waals surface area contributed by atoms with E-state index in [1.165, 1.54) is 0 Å². The molecule has 31 heavy (non-hydrogen) atoms. The summed E-state index contributed by atoms with van der Waals surface area (Å²) in [6.45, 7) is 7.61. The molecule has 8 heteroatoms. The highest BCUT2D eigenvalue weighted by Gasteiger charge is 2.29. The van der Waals surface area contributed by atoms with Crippen LogP contribution < -0.4 is 10.2 Å². The van der Waals surface area contributed by atoms with Crippen LogP contribution in [0.25, 0.3) is 11.0 Å². The first-order chi connectivity index (χ1) is 14.7. The fourth-order valence-corrected chi connectivity index (χ4v) is 4.28. The highest BCUT2D eigenvalue weighted by molar-refractivity contribution is 6.35. The molecule has 1 aromatic heterocycles. The molecule has 1 atom stereocenters. The van der Waals surface area contributed by atoms with Crippen molar-refractivity contribution in [3.63, 3.8) is 0 Å². The smallest absolute Gasteiger partial charge is 0.407 e. The van der Waals surface area contributed by atoms with Crippen LogP contribution in [-0.4, -0.2) is 40.4 Å². The lowest BCUT2D eigenvalue weighted by molar-refractivity contribution is 0.0509. The molecule has 0 radical (unpaired) electrons. The van der Waals surface area contributed by atoms with Crippen LogP contribution in [0.15, 0.2) is 42.5 Å². The Hall–Kier alpha value is -2.44. The van der Waals surface area contributed by atoms with E-state index in [0.717, 1.165) is 35.5 Å². The predicted octanol–water partition coefficient (Wildman–Crippen LogP) is 5.49. The van der Waals surface area contributed by atoms with E-state index in [-0.39, 0.29) is 12.1 Å². The van der Waals surface area contributed by atoms with Gasteiger partial charge in [0.2, 0.25) is 5.95 Å². The van der Waals surface area contributed by atoms with E-state index in [2.05, 4.69) is 20.9 Å². The number of alkyl carbamates (subject to hydrolysis) is 1. The van der Waals surface area contributed by atoms with Crippen LogP contribution in [0.3, 0.4) is 0 Å². The Balaban J connectivity index is 1.58. The number of ether oxygens (including phenoxy) is 1. The number of rotatable bonds is 4. The molecule has 1 aliphatic rings. The Bertz CT molecular complexity index is 1110. The molecular formula is C23H26Cl2N4O2. The van der Waals surface area contributed by atoms with Crippen molar-refractivity contribution in [3.8, 4) is 0 Å². The lowest BCUT2D eigenvalue weighted by Crippen LogP contribution is -2.40. The van der Waals surface area contributed by atoms with E-state index in [0.29, 0.717) is 23.1 Å². The van der Waals surface area contributed by atoms with Gasteiger partial charge >= 0.3 is 6.09 Å². The number of halogens is 2. The zero-order valence-electron chi connectivity index (χ0n) is 17.9. The Morgan fingerprint density at radius 2 is 2.00 bits per heavy atom. The number of nitrogens with one attached hydrogen (secondary N) is 1. The molecule has 2 heterocycles. The van der Waals surface area contributed by atoms with Crippen molar-refractivity contribution >= 4 is 46.3 Å². The molecule has 1 fully saturated rings. The zero-order chi connectivity index (χ0) is 22.2. The molecule has 0 spiro atoms. The second-order valence-electron chi connectivity index (χ2n) is 8.80. The van der Waals surface area contributed by atoms with Gasteiger partial charge in [-0.05, 0) is 57.0 Å². The summed E-state index contributed by atoms with van der Waals surface area (Å²) in [6.07, 6.45) is 0.435. The second-order valence-corrected chi connectivity index (χ2v) is 9.64. The van der Waals surface area contributed by atoms with Crippen molar-refractivity contribution in [2.45, 2.75) is 45.4 Å². The van der Waals surface area contributed by atoms with Crippen molar-refractivity contribution in [2.75, 3.05) is 18.0 Å². The van der Waals surface area contributed by atoms with E-state index in [9.17, 15) is 4.79 Å². The van der Waals surface area contributed by atoms with Crippen LogP contribution in [0.2, 0.25) is 10.0 Å². The first-order valence-electron chi connectivity index (χ1n) is 10.3. The number of carbonyl (C=O) groups excluding carboxylic acids is 1. The maximum absolute atomic E-state index is 12.2. The maximum Gasteiger partial charge on any atom is 0.407 e. The van der Waals surface area contributed by atoms with Gasteiger partial charge in [-0.25, -0.2) is 9.78 Å². The number of benzene rings is 2. The minimum atomic E-state index is -0.520. The van der Waals surface area contributed by atoms with Crippen molar-refractivity contribution in [1.29, 1.82) is 0 Å². The van der Waals surface area contributed by atoms with Gasteiger partial charge in [-0.1, -0.05) is 41.4 Å². The summed E-state index contributed by atoms with van der Waals surface area (Å²) in [5.41, 5.74) is 2.41. The number of para-hydroxylation sites is 2. The predicted molar refractivity (Wildman–Crippen MR) is 125 cm³/mol. The van der Waals surface area contributed by atoms with Gasteiger partial charge in [0.25, 0.3) is 0 Å². The van der Waals surface area contributed by atoms with Crippen molar-refractivity contribution in [1.82, 2.24) is 14.9 Å². The summed E-state index contributed by atoms with van der Waals surface area (Å²) < 4.78 is 7.57. The molecule has 2 aromatic carbocycles. The largest absolute Gasteiger partial charge is 0.444 e. The Kier molecular flexibility index (Phi) is 6.04. The SMILES string of the molecule is CC(C)(C)OC(=O)N[C@@H]1CCN(c2nc3ccccc3n2Cc2ccc(Cl)cc2Cl)C1. The average molecular weight is 461 g/mol. The molecule has 164 valence electrons. The zero-order valence-corrected chi connectivity index (χ0v) is 19.4.